The number of hydrogen-bond donors (Lipinski definition) is 0. The van der Waals surface area contributed by atoms with Gasteiger partial charge in [0.05, 0.1) is 16.8 Å². The second-order valence-corrected chi connectivity index (χ2v) is 5.78. The maximum Gasteiger partial charge on any atom is 0.416 e. The van der Waals surface area contributed by atoms with Crippen molar-refractivity contribution in [3.63, 3.8) is 0 Å². The lowest BCUT2D eigenvalue weighted by molar-refractivity contribution is -0.137. The van der Waals surface area contributed by atoms with Crippen LogP contribution in [0, 0.1) is 0 Å². The van der Waals surface area contributed by atoms with Crippen LogP contribution in [0.1, 0.15) is 5.56 Å². The summed E-state index contributed by atoms with van der Waals surface area (Å²) in [6, 6.07) is 15.6. The molecule has 0 radical (unpaired) electrons. The van der Waals surface area contributed by atoms with Crippen molar-refractivity contribution in [3.8, 4) is 22.9 Å². The van der Waals surface area contributed by atoms with Gasteiger partial charge in [-0.05, 0) is 30.3 Å². The van der Waals surface area contributed by atoms with Crippen molar-refractivity contribution in [1.29, 1.82) is 0 Å². The van der Waals surface area contributed by atoms with Gasteiger partial charge in [-0.25, -0.2) is 9.97 Å². The summed E-state index contributed by atoms with van der Waals surface area (Å²) in [5, 5.41) is 0.984. The Labute approximate surface area is 152 Å². The van der Waals surface area contributed by atoms with E-state index in [9.17, 15) is 13.2 Å². The van der Waals surface area contributed by atoms with E-state index < -0.39 is 11.7 Å². The maximum atomic E-state index is 12.7. The van der Waals surface area contributed by atoms with Crippen LogP contribution in [0.3, 0.4) is 0 Å². The first-order valence-corrected chi connectivity index (χ1v) is 8.01. The second-order valence-electron chi connectivity index (χ2n) is 5.78. The number of fused-ring (bicyclic) bond motifs is 1. The molecule has 0 spiro atoms. The van der Waals surface area contributed by atoms with Gasteiger partial charge in [-0.3, -0.25) is 4.98 Å². The van der Waals surface area contributed by atoms with E-state index in [0.717, 1.165) is 23.0 Å². The SMILES string of the molecule is FC(F)(F)c1ccc(-c2cc(Oc3ccc4cccnc4c3)ncn2)cc1. The van der Waals surface area contributed by atoms with Crippen LogP contribution >= 0.6 is 0 Å². The smallest absolute Gasteiger partial charge is 0.416 e. The van der Waals surface area contributed by atoms with Gasteiger partial charge in [0, 0.05) is 29.3 Å². The van der Waals surface area contributed by atoms with Crippen molar-refractivity contribution in [3.05, 3.63) is 78.8 Å². The molecular formula is C20H12F3N3O. The van der Waals surface area contributed by atoms with Crippen LogP contribution < -0.4 is 4.74 Å². The zero-order chi connectivity index (χ0) is 18.9. The van der Waals surface area contributed by atoms with Crippen LogP contribution in [-0.2, 0) is 6.18 Å². The van der Waals surface area contributed by atoms with E-state index in [1.807, 2.05) is 18.2 Å². The highest BCUT2D eigenvalue weighted by Crippen LogP contribution is 2.31. The molecular weight excluding hydrogens is 355 g/mol. The average molecular weight is 367 g/mol. The molecule has 4 nitrogen and oxygen atoms in total. The topological polar surface area (TPSA) is 47.9 Å². The largest absolute Gasteiger partial charge is 0.439 e. The zero-order valence-electron chi connectivity index (χ0n) is 13.8. The third-order valence-electron chi connectivity index (χ3n) is 3.95. The van der Waals surface area contributed by atoms with E-state index in [-0.39, 0.29) is 5.88 Å². The van der Waals surface area contributed by atoms with Crippen LogP contribution in [0.5, 0.6) is 11.6 Å². The predicted octanol–water partition coefficient (Wildman–Crippen LogP) is 5.50. The summed E-state index contributed by atoms with van der Waals surface area (Å²) in [5.41, 5.74) is 1.08. The Morgan fingerprint density at radius 3 is 2.41 bits per heavy atom. The Bertz CT molecular complexity index is 1100. The van der Waals surface area contributed by atoms with E-state index in [1.165, 1.54) is 18.5 Å². The summed E-state index contributed by atoms with van der Waals surface area (Å²) in [7, 11) is 0. The van der Waals surface area contributed by atoms with Gasteiger partial charge in [0.25, 0.3) is 0 Å². The number of halogens is 3. The van der Waals surface area contributed by atoms with Crippen LogP contribution in [0.25, 0.3) is 22.2 Å². The molecule has 0 unspecified atom stereocenters. The third-order valence-corrected chi connectivity index (χ3v) is 3.95. The van der Waals surface area contributed by atoms with E-state index in [2.05, 4.69) is 15.0 Å². The van der Waals surface area contributed by atoms with Crippen molar-refractivity contribution in [2.24, 2.45) is 0 Å². The minimum atomic E-state index is -4.37. The molecule has 0 amide bonds. The molecule has 134 valence electrons. The number of alkyl halides is 3. The molecule has 0 N–H and O–H groups in total. The van der Waals surface area contributed by atoms with Gasteiger partial charge in [0.15, 0.2) is 0 Å². The monoisotopic (exact) mass is 367 g/mol. The van der Waals surface area contributed by atoms with Gasteiger partial charge >= 0.3 is 6.18 Å². The highest BCUT2D eigenvalue weighted by atomic mass is 19.4. The number of hydrogen-bond acceptors (Lipinski definition) is 4. The van der Waals surface area contributed by atoms with Crippen molar-refractivity contribution >= 4 is 10.9 Å². The molecule has 0 atom stereocenters. The summed E-state index contributed by atoms with van der Waals surface area (Å²) in [6.07, 6.45) is -1.37. The van der Waals surface area contributed by atoms with Crippen molar-refractivity contribution in [1.82, 2.24) is 15.0 Å². The highest BCUT2D eigenvalue weighted by molar-refractivity contribution is 5.79. The Morgan fingerprint density at radius 2 is 1.63 bits per heavy atom. The standard InChI is InChI=1S/C20H12F3N3O/c21-20(22,23)15-6-3-14(4-7-15)18-11-19(26-12-25-18)27-16-8-5-13-2-1-9-24-17(13)10-16/h1-12H. The number of rotatable bonds is 3. The summed E-state index contributed by atoms with van der Waals surface area (Å²) in [6.45, 7) is 0. The molecule has 7 heteroatoms. The first kappa shape index (κ1) is 17.0. The normalized spacial score (nSPS) is 11.5. The van der Waals surface area contributed by atoms with E-state index >= 15 is 0 Å². The molecule has 0 fully saturated rings. The minimum absolute atomic E-state index is 0.287. The van der Waals surface area contributed by atoms with Crippen LogP contribution in [0.4, 0.5) is 13.2 Å². The third kappa shape index (κ3) is 3.72. The first-order chi connectivity index (χ1) is 13.0. The summed E-state index contributed by atoms with van der Waals surface area (Å²) in [4.78, 5) is 12.4. The molecule has 0 saturated heterocycles. The fraction of sp³-hybridized carbons (Fsp3) is 0.0500. The van der Waals surface area contributed by atoms with Gasteiger partial charge in [-0.15, -0.1) is 0 Å². The van der Waals surface area contributed by atoms with E-state index in [0.29, 0.717) is 17.0 Å². The Balaban J connectivity index is 1.60. The van der Waals surface area contributed by atoms with Gasteiger partial charge in [0.1, 0.15) is 12.1 Å². The minimum Gasteiger partial charge on any atom is -0.439 e. The fourth-order valence-corrected chi connectivity index (χ4v) is 2.61. The van der Waals surface area contributed by atoms with Crippen molar-refractivity contribution < 1.29 is 17.9 Å². The molecule has 4 aromatic rings. The maximum absolute atomic E-state index is 12.7. The van der Waals surface area contributed by atoms with Crippen LogP contribution in [-0.4, -0.2) is 15.0 Å². The second kappa shape index (κ2) is 6.68. The molecule has 0 bridgehead atoms. The van der Waals surface area contributed by atoms with Crippen molar-refractivity contribution in [2.45, 2.75) is 6.18 Å². The molecule has 2 aromatic carbocycles. The first-order valence-electron chi connectivity index (χ1n) is 8.01. The lowest BCUT2D eigenvalue weighted by Crippen LogP contribution is -2.04. The number of nitrogens with zero attached hydrogens (tertiary/aromatic N) is 3. The molecule has 27 heavy (non-hydrogen) atoms. The Morgan fingerprint density at radius 1 is 0.815 bits per heavy atom. The molecule has 0 aliphatic carbocycles. The summed E-state index contributed by atoms with van der Waals surface area (Å²) >= 11 is 0. The lowest BCUT2D eigenvalue weighted by atomic mass is 10.1. The average Bonchev–Trinajstić information content (AvgIpc) is 2.68. The fourth-order valence-electron chi connectivity index (χ4n) is 2.61. The van der Waals surface area contributed by atoms with Crippen molar-refractivity contribution in [2.75, 3.05) is 0 Å². The number of ether oxygens (including phenoxy) is 1. The van der Waals surface area contributed by atoms with Gasteiger partial charge < -0.3 is 4.74 Å². The highest BCUT2D eigenvalue weighted by Gasteiger charge is 2.30. The van der Waals surface area contributed by atoms with Gasteiger partial charge in [-0.2, -0.15) is 13.2 Å². The molecule has 2 aromatic heterocycles. The van der Waals surface area contributed by atoms with E-state index in [1.54, 1.807) is 24.4 Å². The molecule has 0 saturated carbocycles. The Hall–Kier alpha value is -3.48. The van der Waals surface area contributed by atoms with E-state index in [4.69, 9.17) is 4.74 Å². The van der Waals surface area contributed by atoms with Gasteiger partial charge in [-0.1, -0.05) is 18.2 Å². The quantitative estimate of drug-likeness (QED) is 0.479. The molecule has 4 rings (SSSR count). The Kier molecular flexibility index (Phi) is 4.19. The number of aromatic nitrogens is 3. The molecule has 0 aliphatic heterocycles. The zero-order valence-corrected chi connectivity index (χ0v) is 13.8. The molecule has 2 heterocycles. The van der Waals surface area contributed by atoms with Crippen LogP contribution in [0.2, 0.25) is 0 Å². The summed E-state index contributed by atoms with van der Waals surface area (Å²) in [5.74, 6) is 0.841. The predicted molar refractivity (Wildman–Crippen MR) is 94.3 cm³/mol. The lowest BCUT2D eigenvalue weighted by Gasteiger charge is -2.09. The number of pyridine rings is 1. The molecule has 0 aliphatic rings. The van der Waals surface area contributed by atoms with Gasteiger partial charge in [0.2, 0.25) is 5.88 Å². The summed E-state index contributed by atoms with van der Waals surface area (Å²) < 4.78 is 43.8. The number of benzene rings is 2. The van der Waals surface area contributed by atoms with Crippen LogP contribution in [0.15, 0.2) is 73.2 Å².